The summed E-state index contributed by atoms with van der Waals surface area (Å²) < 4.78 is 29.9. The molecule has 0 aliphatic heterocycles. The molecular weight excluding hydrogens is 492 g/mol. The average molecular weight is 526 g/mol. The Morgan fingerprint density at radius 1 is 0.947 bits per heavy atom. The van der Waals surface area contributed by atoms with Gasteiger partial charge in [-0.3, -0.25) is 9.36 Å². The molecule has 2 aromatic heterocycles. The number of carbonyl (C=O) groups excluding carboxylic acids is 1. The summed E-state index contributed by atoms with van der Waals surface area (Å²) in [6, 6.07) is 3.94. The molecule has 3 saturated carbocycles. The van der Waals surface area contributed by atoms with Gasteiger partial charge in [-0.1, -0.05) is 0 Å². The van der Waals surface area contributed by atoms with E-state index >= 15 is 0 Å². The lowest BCUT2D eigenvalue weighted by Crippen LogP contribution is -2.37. The minimum Gasteiger partial charge on any atom is -0.393 e. The molecule has 3 aliphatic carbocycles. The highest BCUT2D eigenvalue weighted by molar-refractivity contribution is 5.79. The second-order valence-electron chi connectivity index (χ2n) is 10.9. The van der Waals surface area contributed by atoms with Gasteiger partial charge in [0.15, 0.2) is 5.65 Å². The van der Waals surface area contributed by atoms with Gasteiger partial charge in [0.05, 0.1) is 18.0 Å². The van der Waals surface area contributed by atoms with E-state index in [-0.39, 0.29) is 35.7 Å². The standard InChI is InChI=1S/C27H33F2N7O2/c28-16-3-12-22(21(29)13-16)33-27-34-23-14-30-26(35-24(23)36(27)19-8-10-20(37)11-9-19)32-18-4-1-15(2-5-18)25(38)31-17-6-7-17/h3,12-15,17-20,37H,1-2,4-11H2,(H,31,38)(H,33,34)(H,30,32,35)/t15?,18?,19-,20+. The number of aromatic nitrogens is 4. The highest BCUT2D eigenvalue weighted by atomic mass is 19.1. The fraction of sp³-hybridized carbons (Fsp3) is 0.556. The van der Waals surface area contributed by atoms with Crippen LogP contribution in [-0.4, -0.2) is 48.7 Å². The molecule has 0 bridgehead atoms. The molecule has 0 saturated heterocycles. The maximum atomic E-state index is 14.4. The van der Waals surface area contributed by atoms with Crippen LogP contribution in [0.3, 0.4) is 0 Å². The number of hydrogen-bond acceptors (Lipinski definition) is 7. The van der Waals surface area contributed by atoms with Gasteiger partial charge < -0.3 is 21.1 Å². The summed E-state index contributed by atoms with van der Waals surface area (Å²) in [5.41, 5.74) is 1.30. The molecule has 11 heteroatoms. The zero-order chi connectivity index (χ0) is 26.2. The number of rotatable bonds is 7. The van der Waals surface area contributed by atoms with Gasteiger partial charge in [-0.05, 0) is 76.3 Å². The van der Waals surface area contributed by atoms with Crippen molar-refractivity contribution < 1.29 is 18.7 Å². The maximum absolute atomic E-state index is 14.4. The van der Waals surface area contributed by atoms with E-state index in [9.17, 15) is 18.7 Å². The number of aliphatic hydroxyl groups is 1. The fourth-order valence-electron chi connectivity index (χ4n) is 5.65. The highest BCUT2D eigenvalue weighted by Gasteiger charge is 2.31. The Bertz CT molecular complexity index is 1310. The maximum Gasteiger partial charge on any atom is 0.224 e. The lowest BCUT2D eigenvalue weighted by molar-refractivity contribution is -0.126. The molecule has 3 fully saturated rings. The van der Waals surface area contributed by atoms with Crippen LogP contribution in [0.2, 0.25) is 0 Å². The number of benzene rings is 1. The topological polar surface area (TPSA) is 117 Å². The number of fused-ring (bicyclic) bond motifs is 1. The summed E-state index contributed by atoms with van der Waals surface area (Å²) in [4.78, 5) is 26.3. The average Bonchev–Trinajstić information content (AvgIpc) is 3.65. The zero-order valence-electron chi connectivity index (χ0n) is 21.2. The van der Waals surface area contributed by atoms with Gasteiger partial charge >= 0.3 is 0 Å². The summed E-state index contributed by atoms with van der Waals surface area (Å²) in [5.74, 6) is -0.219. The van der Waals surface area contributed by atoms with Crippen molar-refractivity contribution in [3.05, 3.63) is 36.0 Å². The van der Waals surface area contributed by atoms with Crippen molar-refractivity contribution in [2.24, 2.45) is 5.92 Å². The lowest BCUT2D eigenvalue weighted by Gasteiger charge is -2.29. The lowest BCUT2D eigenvalue weighted by atomic mass is 9.85. The number of nitrogens with zero attached hydrogens (tertiary/aromatic N) is 4. The van der Waals surface area contributed by atoms with Gasteiger partial charge in [0.2, 0.25) is 17.8 Å². The number of imidazole rings is 1. The van der Waals surface area contributed by atoms with E-state index in [1.54, 1.807) is 6.20 Å². The Labute approximate surface area is 219 Å². The number of nitrogens with one attached hydrogen (secondary N) is 3. The minimum atomic E-state index is -0.711. The molecule has 0 unspecified atom stereocenters. The molecule has 6 rings (SSSR count). The Balaban J connectivity index is 1.22. The third kappa shape index (κ3) is 5.43. The zero-order valence-corrected chi connectivity index (χ0v) is 21.2. The van der Waals surface area contributed by atoms with Crippen LogP contribution in [0.15, 0.2) is 24.4 Å². The van der Waals surface area contributed by atoms with E-state index in [1.165, 1.54) is 12.1 Å². The fourth-order valence-corrected chi connectivity index (χ4v) is 5.65. The van der Waals surface area contributed by atoms with Crippen molar-refractivity contribution in [3.8, 4) is 0 Å². The van der Waals surface area contributed by atoms with Crippen LogP contribution < -0.4 is 16.0 Å². The number of amides is 1. The first-order valence-corrected chi connectivity index (χ1v) is 13.6. The molecule has 0 spiro atoms. The molecule has 0 radical (unpaired) electrons. The summed E-state index contributed by atoms with van der Waals surface area (Å²) in [6.07, 6.45) is 9.66. The van der Waals surface area contributed by atoms with Crippen LogP contribution >= 0.6 is 0 Å². The van der Waals surface area contributed by atoms with E-state index in [2.05, 4.69) is 25.9 Å². The third-order valence-corrected chi connectivity index (χ3v) is 8.00. The summed E-state index contributed by atoms with van der Waals surface area (Å²) in [7, 11) is 0. The number of halogens is 2. The second-order valence-corrected chi connectivity index (χ2v) is 10.9. The Morgan fingerprint density at radius 3 is 2.39 bits per heavy atom. The number of anilines is 3. The molecule has 9 nitrogen and oxygen atoms in total. The molecule has 38 heavy (non-hydrogen) atoms. The van der Waals surface area contributed by atoms with Crippen molar-refractivity contribution in [2.75, 3.05) is 10.6 Å². The second kappa shape index (κ2) is 10.4. The molecule has 0 atom stereocenters. The van der Waals surface area contributed by atoms with Gasteiger partial charge in [0.1, 0.15) is 17.2 Å². The Morgan fingerprint density at radius 2 is 1.68 bits per heavy atom. The first-order chi connectivity index (χ1) is 18.4. The van der Waals surface area contributed by atoms with Crippen molar-refractivity contribution in [3.63, 3.8) is 0 Å². The van der Waals surface area contributed by atoms with Gasteiger partial charge in [0.25, 0.3) is 0 Å². The Kier molecular flexibility index (Phi) is 6.86. The molecule has 202 valence electrons. The minimum absolute atomic E-state index is 0.0116. The van der Waals surface area contributed by atoms with Crippen LogP contribution in [-0.2, 0) is 4.79 Å². The van der Waals surface area contributed by atoms with Gasteiger partial charge in [-0.15, -0.1) is 0 Å². The van der Waals surface area contributed by atoms with E-state index in [4.69, 9.17) is 4.98 Å². The first-order valence-electron chi connectivity index (χ1n) is 13.6. The van der Waals surface area contributed by atoms with Crippen LogP contribution in [0.5, 0.6) is 0 Å². The summed E-state index contributed by atoms with van der Waals surface area (Å²) >= 11 is 0. The SMILES string of the molecule is O=C(NC1CC1)C1CCC(Nc2ncc3nc(Nc4ccc(F)cc4F)n([C@H]4CC[C@@H](O)CC4)c3n2)CC1. The molecular formula is C27H33F2N7O2. The number of hydrogen-bond donors (Lipinski definition) is 4. The predicted octanol–water partition coefficient (Wildman–Crippen LogP) is 4.57. The van der Waals surface area contributed by atoms with E-state index < -0.39 is 11.6 Å². The van der Waals surface area contributed by atoms with Crippen LogP contribution in [0.1, 0.15) is 70.3 Å². The predicted molar refractivity (Wildman–Crippen MR) is 139 cm³/mol. The molecule has 3 aliphatic rings. The highest BCUT2D eigenvalue weighted by Crippen LogP contribution is 2.35. The van der Waals surface area contributed by atoms with Crippen LogP contribution in [0, 0.1) is 17.6 Å². The Hall–Kier alpha value is -3.34. The molecule has 1 amide bonds. The van der Waals surface area contributed by atoms with Crippen molar-refractivity contribution in [2.45, 2.75) is 88.4 Å². The monoisotopic (exact) mass is 525 g/mol. The van der Waals surface area contributed by atoms with E-state index in [0.29, 0.717) is 41.9 Å². The number of aliphatic hydroxyl groups excluding tert-OH is 1. The van der Waals surface area contributed by atoms with Crippen LogP contribution in [0.25, 0.3) is 11.2 Å². The first kappa shape index (κ1) is 25.0. The van der Waals surface area contributed by atoms with Gasteiger partial charge in [-0.2, -0.15) is 4.98 Å². The normalized spacial score (nSPS) is 25.8. The quantitative estimate of drug-likeness (QED) is 0.357. The molecule has 4 N–H and O–H groups in total. The number of carbonyl (C=O) groups is 1. The van der Waals surface area contributed by atoms with Crippen molar-refractivity contribution in [1.29, 1.82) is 0 Å². The van der Waals surface area contributed by atoms with Gasteiger partial charge in [0, 0.05) is 30.1 Å². The summed E-state index contributed by atoms with van der Waals surface area (Å²) in [5, 5.41) is 19.6. The van der Waals surface area contributed by atoms with E-state index in [0.717, 1.165) is 57.4 Å². The largest absolute Gasteiger partial charge is 0.393 e. The third-order valence-electron chi connectivity index (χ3n) is 8.00. The molecule has 3 aromatic rings. The molecule has 2 heterocycles. The van der Waals surface area contributed by atoms with Crippen molar-refractivity contribution in [1.82, 2.24) is 24.8 Å². The smallest absolute Gasteiger partial charge is 0.224 e. The van der Waals surface area contributed by atoms with Gasteiger partial charge in [-0.25, -0.2) is 18.7 Å². The molecule has 1 aromatic carbocycles. The van der Waals surface area contributed by atoms with E-state index in [1.807, 2.05) is 4.57 Å². The van der Waals surface area contributed by atoms with Crippen LogP contribution in [0.4, 0.5) is 26.4 Å². The van der Waals surface area contributed by atoms with Crippen molar-refractivity contribution >= 4 is 34.7 Å². The summed E-state index contributed by atoms with van der Waals surface area (Å²) in [6.45, 7) is 0.